The average molecular weight is 285 g/mol. The molecule has 2 aromatic rings. The first-order chi connectivity index (χ1) is 10.4. The number of nitrogens with one attached hydrogen (secondary N) is 1. The van der Waals surface area contributed by atoms with Gasteiger partial charge >= 0.3 is 0 Å². The fourth-order valence-electron chi connectivity index (χ4n) is 3.34. The number of oxazole rings is 1. The first-order valence-corrected chi connectivity index (χ1v) is 8.18. The second-order valence-electron chi connectivity index (χ2n) is 6.43. The summed E-state index contributed by atoms with van der Waals surface area (Å²) in [5.41, 5.74) is 1.88. The van der Waals surface area contributed by atoms with Gasteiger partial charge in [-0.3, -0.25) is 4.90 Å². The molecule has 0 unspecified atom stereocenters. The molecule has 2 aliphatic rings. The van der Waals surface area contributed by atoms with Crippen LogP contribution in [0.4, 0.5) is 0 Å². The van der Waals surface area contributed by atoms with Crippen LogP contribution in [-0.4, -0.2) is 35.6 Å². The summed E-state index contributed by atoms with van der Waals surface area (Å²) in [6, 6.07) is 8.80. The lowest BCUT2D eigenvalue weighted by molar-refractivity contribution is 0.177. The van der Waals surface area contributed by atoms with Crippen LogP contribution in [-0.2, 0) is 6.54 Å². The van der Waals surface area contributed by atoms with Crippen molar-refractivity contribution in [2.45, 2.75) is 38.3 Å². The second-order valence-corrected chi connectivity index (χ2v) is 6.43. The van der Waals surface area contributed by atoms with Gasteiger partial charge in [-0.25, -0.2) is 4.98 Å². The second kappa shape index (κ2) is 5.78. The smallest absolute Gasteiger partial charge is 0.209 e. The van der Waals surface area contributed by atoms with Crippen molar-refractivity contribution in [1.29, 1.82) is 0 Å². The fourth-order valence-corrected chi connectivity index (χ4v) is 3.34. The number of nitrogens with zero attached hydrogens (tertiary/aromatic N) is 2. The molecule has 0 radical (unpaired) electrons. The van der Waals surface area contributed by atoms with E-state index in [0.29, 0.717) is 0 Å². The maximum Gasteiger partial charge on any atom is 0.209 e. The van der Waals surface area contributed by atoms with Crippen LogP contribution in [0.25, 0.3) is 11.1 Å². The van der Waals surface area contributed by atoms with Gasteiger partial charge in [-0.2, -0.15) is 0 Å². The molecule has 1 N–H and O–H groups in total. The highest BCUT2D eigenvalue weighted by atomic mass is 16.3. The SMILES string of the molecule is c1ccc2oc(CN(CC3CCNCC3)C3CC3)nc2c1. The maximum atomic E-state index is 5.90. The number of para-hydroxylation sites is 2. The Bertz CT molecular complexity index is 566. The monoisotopic (exact) mass is 285 g/mol. The van der Waals surface area contributed by atoms with Gasteiger partial charge in [0.25, 0.3) is 0 Å². The number of hydrogen-bond donors (Lipinski definition) is 1. The standard InChI is InChI=1S/C17H23N3O/c1-2-4-16-15(3-1)19-17(21-16)12-20(14-5-6-14)11-13-7-9-18-10-8-13/h1-4,13-14,18H,5-12H2. The third-order valence-corrected chi connectivity index (χ3v) is 4.69. The summed E-state index contributed by atoms with van der Waals surface area (Å²) in [5.74, 6) is 1.70. The van der Waals surface area contributed by atoms with Crippen molar-refractivity contribution in [3.05, 3.63) is 30.2 Å². The van der Waals surface area contributed by atoms with Gasteiger partial charge in [0, 0.05) is 12.6 Å². The van der Waals surface area contributed by atoms with Crippen LogP contribution >= 0.6 is 0 Å². The van der Waals surface area contributed by atoms with Crippen molar-refractivity contribution in [3.63, 3.8) is 0 Å². The molecule has 1 aliphatic carbocycles. The van der Waals surface area contributed by atoms with Gasteiger partial charge in [0.1, 0.15) is 5.52 Å². The first-order valence-electron chi connectivity index (χ1n) is 8.18. The maximum absolute atomic E-state index is 5.90. The van der Waals surface area contributed by atoms with Crippen LogP contribution in [0.2, 0.25) is 0 Å². The molecule has 4 nitrogen and oxygen atoms in total. The van der Waals surface area contributed by atoms with Gasteiger partial charge in [0.05, 0.1) is 6.54 Å². The zero-order valence-electron chi connectivity index (χ0n) is 12.4. The first kappa shape index (κ1) is 13.3. The van der Waals surface area contributed by atoms with Crippen molar-refractivity contribution in [3.8, 4) is 0 Å². The molecular formula is C17H23N3O. The van der Waals surface area contributed by atoms with E-state index in [0.717, 1.165) is 35.5 Å². The van der Waals surface area contributed by atoms with Gasteiger partial charge < -0.3 is 9.73 Å². The highest BCUT2D eigenvalue weighted by Crippen LogP contribution is 2.30. The van der Waals surface area contributed by atoms with Crippen molar-refractivity contribution in [2.75, 3.05) is 19.6 Å². The summed E-state index contributed by atoms with van der Waals surface area (Å²) < 4.78 is 5.90. The summed E-state index contributed by atoms with van der Waals surface area (Å²) in [7, 11) is 0. The van der Waals surface area contributed by atoms with Gasteiger partial charge in [0.15, 0.2) is 5.58 Å². The normalized spacial score (nSPS) is 20.4. The molecule has 1 aromatic carbocycles. The van der Waals surface area contributed by atoms with E-state index in [2.05, 4.69) is 15.2 Å². The third-order valence-electron chi connectivity index (χ3n) is 4.69. The number of aromatic nitrogens is 1. The number of rotatable bonds is 5. The van der Waals surface area contributed by atoms with E-state index < -0.39 is 0 Å². The molecule has 1 aromatic heterocycles. The van der Waals surface area contributed by atoms with E-state index in [1.807, 2.05) is 24.3 Å². The van der Waals surface area contributed by atoms with Crippen LogP contribution in [0, 0.1) is 5.92 Å². The molecule has 4 rings (SSSR count). The molecule has 21 heavy (non-hydrogen) atoms. The average Bonchev–Trinajstić information content (AvgIpc) is 3.28. The zero-order chi connectivity index (χ0) is 14.1. The Labute approximate surface area is 125 Å². The van der Waals surface area contributed by atoms with Crippen molar-refractivity contribution in [2.24, 2.45) is 5.92 Å². The minimum Gasteiger partial charge on any atom is -0.439 e. The number of benzene rings is 1. The number of fused-ring (bicyclic) bond motifs is 1. The molecule has 0 bridgehead atoms. The lowest BCUT2D eigenvalue weighted by atomic mass is 9.97. The Morgan fingerprint density at radius 1 is 1.14 bits per heavy atom. The fraction of sp³-hybridized carbons (Fsp3) is 0.588. The summed E-state index contributed by atoms with van der Waals surface area (Å²) in [6.07, 6.45) is 5.28. The number of hydrogen-bond acceptors (Lipinski definition) is 4. The third kappa shape index (κ3) is 3.11. The van der Waals surface area contributed by atoms with Crippen molar-refractivity contribution >= 4 is 11.1 Å². The van der Waals surface area contributed by atoms with Crippen LogP contribution in [0.3, 0.4) is 0 Å². The lowest BCUT2D eigenvalue weighted by Gasteiger charge is -2.29. The summed E-state index contributed by atoms with van der Waals surface area (Å²) in [5, 5.41) is 3.45. The van der Waals surface area contributed by atoms with E-state index >= 15 is 0 Å². The van der Waals surface area contributed by atoms with Gasteiger partial charge in [-0.05, 0) is 56.8 Å². The molecule has 0 amide bonds. The van der Waals surface area contributed by atoms with E-state index in [-0.39, 0.29) is 0 Å². The van der Waals surface area contributed by atoms with Gasteiger partial charge in [-0.15, -0.1) is 0 Å². The molecular weight excluding hydrogens is 262 g/mol. The summed E-state index contributed by atoms with van der Waals surface area (Å²) in [6.45, 7) is 4.41. The Hall–Kier alpha value is -1.39. The molecule has 2 fully saturated rings. The lowest BCUT2D eigenvalue weighted by Crippen LogP contribution is -2.37. The van der Waals surface area contributed by atoms with E-state index in [4.69, 9.17) is 4.42 Å². The minimum atomic E-state index is 0.759. The summed E-state index contributed by atoms with van der Waals surface area (Å²) in [4.78, 5) is 7.23. The number of piperidine rings is 1. The van der Waals surface area contributed by atoms with Gasteiger partial charge in [-0.1, -0.05) is 12.1 Å². The van der Waals surface area contributed by atoms with Gasteiger partial charge in [0.2, 0.25) is 5.89 Å². The van der Waals surface area contributed by atoms with Crippen molar-refractivity contribution in [1.82, 2.24) is 15.2 Å². The molecule has 2 heterocycles. The highest BCUT2D eigenvalue weighted by Gasteiger charge is 2.31. The quantitative estimate of drug-likeness (QED) is 0.917. The zero-order valence-corrected chi connectivity index (χ0v) is 12.4. The highest BCUT2D eigenvalue weighted by molar-refractivity contribution is 5.72. The molecule has 4 heteroatoms. The van der Waals surface area contributed by atoms with E-state index in [9.17, 15) is 0 Å². The topological polar surface area (TPSA) is 41.3 Å². The van der Waals surface area contributed by atoms with Crippen LogP contribution in [0.1, 0.15) is 31.6 Å². The molecule has 112 valence electrons. The minimum absolute atomic E-state index is 0.759. The predicted octanol–water partition coefficient (Wildman–Crippen LogP) is 2.79. The molecule has 1 aliphatic heterocycles. The Morgan fingerprint density at radius 2 is 1.95 bits per heavy atom. The Morgan fingerprint density at radius 3 is 2.71 bits per heavy atom. The van der Waals surface area contributed by atoms with Crippen LogP contribution < -0.4 is 5.32 Å². The molecule has 0 spiro atoms. The van der Waals surface area contributed by atoms with Crippen molar-refractivity contribution < 1.29 is 4.42 Å². The van der Waals surface area contributed by atoms with E-state index in [1.54, 1.807) is 0 Å². The predicted molar refractivity (Wildman–Crippen MR) is 83.0 cm³/mol. The molecule has 1 saturated carbocycles. The van der Waals surface area contributed by atoms with E-state index in [1.165, 1.54) is 45.3 Å². The molecule has 0 atom stereocenters. The Kier molecular flexibility index (Phi) is 3.65. The molecule has 1 saturated heterocycles. The van der Waals surface area contributed by atoms with Crippen LogP contribution in [0.5, 0.6) is 0 Å². The largest absolute Gasteiger partial charge is 0.439 e. The Balaban J connectivity index is 1.46. The summed E-state index contributed by atoms with van der Waals surface area (Å²) >= 11 is 0. The van der Waals surface area contributed by atoms with Crippen LogP contribution in [0.15, 0.2) is 28.7 Å².